The average Bonchev–Trinajstić information content (AvgIpc) is 2.66. The fourth-order valence-corrected chi connectivity index (χ4v) is 3.11. The minimum Gasteiger partial charge on any atom is -0.497 e. The highest BCUT2D eigenvalue weighted by Gasteiger charge is 2.33. The van der Waals surface area contributed by atoms with Gasteiger partial charge in [-0.2, -0.15) is 0 Å². The van der Waals surface area contributed by atoms with Crippen molar-refractivity contribution in [3.8, 4) is 17.2 Å². The molecule has 128 valence electrons. The number of ketones is 2. The summed E-state index contributed by atoms with van der Waals surface area (Å²) in [4.78, 5) is 25.9. The van der Waals surface area contributed by atoms with Gasteiger partial charge in [0.15, 0.2) is 11.6 Å². The zero-order valence-corrected chi connectivity index (χ0v) is 14.0. The molecule has 0 radical (unpaired) electrons. The molecule has 5 nitrogen and oxygen atoms in total. The first-order valence-corrected chi connectivity index (χ1v) is 8.03. The monoisotopic (exact) mass is 345 g/mol. The lowest BCUT2D eigenvalue weighted by Gasteiger charge is -2.21. The average molecular weight is 345 g/mol. The molecule has 0 fully saturated rings. The van der Waals surface area contributed by atoms with E-state index < -0.39 is 0 Å². The number of hydrogen-bond acceptors (Lipinski definition) is 5. The molecule has 0 unspecified atom stereocenters. The third-order valence-electron chi connectivity index (χ3n) is 4.34. The van der Waals surface area contributed by atoms with E-state index in [1.165, 1.54) is 0 Å². The highest BCUT2D eigenvalue weighted by atomic mass is 16.5. The molecule has 1 aliphatic carbocycles. The number of fused-ring (bicyclic) bond motifs is 2. The van der Waals surface area contributed by atoms with Gasteiger partial charge in [-0.1, -0.05) is 30.3 Å². The number of hydrogen-bond donors (Lipinski definition) is 1. The fraction of sp³-hybridized carbons (Fsp3) is 0.0476. The summed E-state index contributed by atoms with van der Waals surface area (Å²) >= 11 is 0. The van der Waals surface area contributed by atoms with E-state index in [2.05, 4.69) is 0 Å². The van der Waals surface area contributed by atoms with Crippen LogP contribution in [0.1, 0.15) is 31.8 Å². The Bertz CT molecular complexity index is 1060. The smallest absolute Gasteiger partial charge is 0.198 e. The van der Waals surface area contributed by atoms with E-state index >= 15 is 0 Å². The molecule has 26 heavy (non-hydrogen) atoms. The number of methoxy groups -OCH3 is 1. The summed E-state index contributed by atoms with van der Waals surface area (Å²) in [7, 11) is 1.56. The van der Waals surface area contributed by atoms with Gasteiger partial charge >= 0.3 is 0 Å². The maximum absolute atomic E-state index is 13.0. The molecule has 0 heterocycles. The largest absolute Gasteiger partial charge is 0.497 e. The van der Waals surface area contributed by atoms with Crippen LogP contribution in [0.5, 0.6) is 17.2 Å². The first-order valence-electron chi connectivity index (χ1n) is 8.03. The molecule has 4 rings (SSSR count). The van der Waals surface area contributed by atoms with Gasteiger partial charge in [-0.25, -0.2) is 0 Å². The second-order valence-corrected chi connectivity index (χ2v) is 5.89. The maximum atomic E-state index is 13.0. The van der Waals surface area contributed by atoms with Gasteiger partial charge in [0.1, 0.15) is 17.2 Å². The Labute approximate surface area is 150 Å². The molecule has 5 heteroatoms. The Hall–Kier alpha value is -3.60. The standard InChI is InChI=1S/C21H15NO4/c1-25-12-5-2-6-13(11-12)26-17-10-4-8-15-19(17)21(24)14-7-3-9-16(22)18(14)20(15)23/h2-11H,22H2,1H3. The summed E-state index contributed by atoms with van der Waals surface area (Å²) in [5.74, 6) is 0.913. The molecule has 0 aromatic heterocycles. The number of benzene rings is 3. The highest BCUT2D eigenvalue weighted by Crippen LogP contribution is 2.37. The number of ether oxygens (including phenoxy) is 2. The minimum atomic E-state index is -0.277. The van der Waals surface area contributed by atoms with Crippen LogP contribution < -0.4 is 15.2 Å². The van der Waals surface area contributed by atoms with Crippen LogP contribution in [0.4, 0.5) is 5.69 Å². The van der Waals surface area contributed by atoms with Gasteiger partial charge < -0.3 is 15.2 Å². The minimum absolute atomic E-state index is 0.249. The summed E-state index contributed by atoms with van der Waals surface area (Å²) in [6, 6.07) is 16.9. The Morgan fingerprint density at radius 3 is 2.15 bits per heavy atom. The third kappa shape index (κ3) is 2.41. The molecular formula is C21H15NO4. The number of anilines is 1. The molecule has 1 aliphatic rings. The van der Waals surface area contributed by atoms with Crippen molar-refractivity contribution >= 4 is 17.3 Å². The van der Waals surface area contributed by atoms with Gasteiger partial charge in [-0.15, -0.1) is 0 Å². The molecule has 0 atom stereocenters. The second kappa shape index (κ2) is 6.04. The van der Waals surface area contributed by atoms with Crippen LogP contribution in [-0.4, -0.2) is 18.7 Å². The first kappa shape index (κ1) is 15.9. The quantitative estimate of drug-likeness (QED) is 0.571. The van der Waals surface area contributed by atoms with E-state index in [-0.39, 0.29) is 22.7 Å². The summed E-state index contributed by atoms with van der Waals surface area (Å²) in [5, 5.41) is 0. The summed E-state index contributed by atoms with van der Waals surface area (Å²) < 4.78 is 11.1. The highest BCUT2D eigenvalue weighted by molar-refractivity contribution is 6.30. The number of carbonyl (C=O) groups excluding carboxylic acids is 2. The van der Waals surface area contributed by atoms with Crippen LogP contribution >= 0.6 is 0 Å². The number of rotatable bonds is 3. The van der Waals surface area contributed by atoms with E-state index in [0.29, 0.717) is 34.1 Å². The normalized spacial score (nSPS) is 12.3. The van der Waals surface area contributed by atoms with Crippen LogP contribution in [0.15, 0.2) is 60.7 Å². The molecule has 0 bridgehead atoms. The van der Waals surface area contributed by atoms with E-state index in [1.54, 1.807) is 67.8 Å². The van der Waals surface area contributed by atoms with Crippen molar-refractivity contribution in [3.63, 3.8) is 0 Å². The second-order valence-electron chi connectivity index (χ2n) is 5.89. The summed E-state index contributed by atoms with van der Waals surface area (Å²) in [6.07, 6.45) is 0. The van der Waals surface area contributed by atoms with Crippen molar-refractivity contribution in [2.45, 2.75) is 0 Å². The Balaban J connectivity index is 1.84. The number of carbonyl (C=O) groups is 2. The molecule has 3 aromatic rings. The first-order chi connectivity index (χ1) is 12.6. The Kier molecular flexibility index (Phi) is 3.69. The molecule has 0 aliphatic heterocycles. The predicted octanol–water partition coefficient (Wildman–Crippen LogP) is 3.85. The molecule has 3 aromatic carbocycles. The van der Waals surface area contributed by atoms with Gasteiger partial charge in [0.05, 0.1) is 18.2 Å². The molecule has 0 saturated heterocycles. The number of nitrogens with two attached hydrogens (primary N) is 1. The van der Waals surface area contributed by atoms with Crippen LogP contribution in [-0.2, 0) is 0 Å². The van der Waals surface area contributed by atoms with Crippen molar-refractivity contribution < 1.29 is 19.1 Å². The molecule has 0 spiro atoms. The molecule has 0 amide bonds. The van der Waals surface area contributed by atoms with Gasteiger partial charge in [0.2, 0.25) is 0 Å². The van der Waals surface area contributed by atoms with Crippen molar-refractivity contribution in [1.82, 2.24) is 0 Å². The zero-order chi connectivity index (χ0) is 18.3. The van der Waals surface area contributed by atoms with Gasteiger partial charge in [0.25, 0.3) is 0 Å². The van der Waals surface area contributed by atoms with Gasteiger partial charge in [-0.3, -0.25) is 9.59 Å². The number of nitrogen functional groups attached to an aromatic ring is 1. The molecular weight excluding hydrogens is 330 g/mol. The lowest BCUT2D eigenvalue weighted by atomic mass is 9.83. The SMILES string of the molecule is COc1cccc(Oc2cccc3c2C(=O)c2cccc(N)c2C3=O)c1. The van der Waals surface area contributed by atoms with E-state index in [4.69, 9.17) is 15.2 Å². The third-order valence-corrected chi connectivity index (χ3v) is 4.34. The van der Waals surface area contributed by atoms with Crippen molar-refractivity contribution in [2.24, 2.45) is 0 Å². The van der Waals surface area contributed by atoms with Crippen molar-refractivity contribution in [3.05, 3.63) is 82.9 Å². The predicted molar refractivity (Wildman–Crippen MR) is 97.2 cm³/mol. The van der Waals surface area contributed by atoms with Crippen LogP contribution in [0.25, 0.3) is 0 Å². The van der Waals surface area contributed by atoms with E-state index in [9.17, 15) is 9.59 Å². The lowest BCUT2D eigenvalue weighted by molar-refractivity contribution is 0.0977. The van der Waals surface area contributed by atoms with Crippen LogP contribution in [0, 0.1) is 0 Å². The Morgan fingerprint density at radius 2 is 1.38 bits per heavy atom. The fourth-order valence-electron chi connectivity index (χ4n) is 3.11. The topological polar surface area (TPSA) is 78.6 Å². The lowest BCUT2D eigenvalue weighted by Crippen LogP contribution is -2.22. The van der Waals surface area contributed by atoms with E-state index in [1.807, 2.05) is 0 Å². The van der Waals surface area contributed by atoms with Gasteiger partial charge in [-0.05, 0) is 24.3 Å². The van der Waals surface area contributed by atoms with Crippen LogP contribution in [0.3, 0.4) is 0 Å². The molecule has 2 N–H and O–H groups in total. The summed E-state index contributed by atoms with van der Waals surface area (Å²) in [6.45, 7) is 0. The van der Waals surface area contributed by atoms with Crippen molar-refractivity contribution in [2.75, 3.05) is 12.8 Å². The summed E-state index contributed by atoms with van der Waals surface area (Å²) in [5.41, 5.74) is 7.31. The Morgan fingerprint density at radius 1 is 0.769 bits per heavy atom. The molecule has 0 saturated carbocycles. The van der Waals surface area contributed by atoms with Crippen molar-refractivity contribution in [1.29, 1.82) is 0 Å². The van der Waals surface area contributed by atoms with Gasteiger partial charge in [0, 0.05) is 22.9 Å². The zero-order valence-electron chi connectivity index (χ0n) is 14.0. The van der Waals surface area contributed by atoms with E-state index in [0.717, 1.165) is 0 Å². The van der Waals surface area contributed by atoms with Crippen LogP contribution in [0.2, 0.25) is 0 Å². The maximum Gasteiger partial charge on any atom is 0.198 e.